The van der Waals surface area contributed by atoms with Crippen molar-refractivity contribution >= 4 is 0 Å². The Bertz CT molecular complexity index is 264. The zero-order valence-corrected chi connectivity index (χ0v) is 9.52. The van der Waals surface area contributed by atoms with Crippen LogP contribution in [0.25, 0.3) is 0 Å². The third-order valence-corrected chi connectivity index (χ3v) is 2.48. The van der Waals surface area contributed by atoms with Gasteiger partial charge in [0.05, 0.1) is 6.10 Å². The summed E-state index contributed by atoms with van der Waals surface area (Å²) >= 11 is 0. The second-order valence-corrected chi connectivity index (χ2v) is 3.63. The van der Waals surface area contributed by atoms with Crippen LogP contribution in [0, 0.1) is 0 Å². The summed E-state index contributed by atoms with van der Waals surface area (Å²) in [5.74, 6) is 0. The number of rotatable bonds is 6. The molecule has 2 N–H and O–H groups in total. The van der Waals surface area contributed by atoms with E-state index in [2.05, 4.69) is 11.9 Å². The van der Waals surface area contributed by atoms with Crippen LogP contribution in [0.3, 0.4) is 0 Å². The molecule has 2 atom stereocenters. The van der Waals surface area contributed by atoms with Crippen LogP contribution in [-0.2, 0) is 11.2 Å². The highest BCUT2D eigenvalue weighted by molar-refractivity contribution is 5.11. The van der Waals surface area contributed by atoms with Gasteiger partial charge >= 0.3 is 0 Å². The van der Waals surface area contributed by atoms with Crippen molar-refractivity contribution in [2.24, 2.45) is 5.73 Å². The van der Waals surface area contributed by atoms with Crippen LogP contribution >= 0.6 is 0 Å². The summed E-state index contributed by atoms with van der Waals surface area (Å²) in [6, 6.07) is 4.06. The highest BCUT2D eigenvalue weighted by Crippen LogP contribution is 2.08. The van der Waals surface area contributed by atoms with Crippen LogP contribution in [0.4, 0.5) is 0 Å². The van der Waals surface area contributed by atoms with Gasteiger partial charge in [-0.3, -0.25) is 4.98 Å². The monoisotopic (exact) mass is 208 g/mol. The molecule has 0 aliphatic heterocycles. The fourth-order valence-corrected chi connectivity index (χ4v) is 1.68. The lowest BCUT2D eigenvalue weighted by molar-refractivity contribution is 0.0417. The SMILES string of the molecule is CCOC(CC)C(N)Cc1ccncc1. The smallest absolute Gasteiger partial charge is 0.0726 e. The number of nitrogens with zero attached hydrogens (tertiary/aromatic N) is 1. The van der Waals surface area contributed by atoms with Gasteiger partial charge in [0.2, 0.25) is 0 Å². The lowest BCUT2D eigenvalue weighted by Gasteiger charge is -2.22. The largest absolute Gasteiger partial charge is 0.377 e. The topological polar surface area (TPSA) is 48.1 Å². The van der Waals surface area contributed by atoms with Gasteiger partial charge < -0.3 is 10.5 Å². The molecule has 3 nitrogen and oxygen atoms in total. The molecule has 0 aliphatic rings. The molecule has 0 amide bonds. The molecular formula is C12H20N2O. The maximum atomic E-state index is 6.10. The Kier molecular flexibility index (Phi) is 5.29. The molecule has 1 rings (SSSR count). The number of hydrogen-bond acceptors (Lipinski definition) is 3. The quantitative estimate of drug-likeness (QED) is 0.775. The van der Waals surface area contributed by atoms with Gasteiger partial charge in [-0.05, 0) is 37.5 Å². The highest BCUT2D eigenvalue weighted by atomic mass is 16.5. The van der Waals surface area contributed by atoms with E-state index in [0.717, 1.165) is 19.4 Å². The van der Waals surface area contributed by atoms with Gasteiger partial charge in [-0.1, -0.05) is 6.92 Å². The predicted octanol–water partition coefficient (Wildman–Crippen LogP) is 1.77. The van der Waals surface area contributed by atoms with Crippen LogP contribution < -0.4 is 5.73 Å². The van der Waals surface area contributed by atoms with Crippen LogP contribution in [0.15, 0.2) is 24.5 Å². The second kappa shape index (κ2) is 6.53. The van der Waals surface area contributed by atoms with Gasteiger partial charge in [0.1, 0.15) is 0 Å². The molecule has 1 aromatic rings. The third-order valence-electron chi connectivity index (χ3n) is 2.48. The number of pyridine rings is 1. The number of ether oxygens (including phenoxy) is 1. The van der Waals surface area contributed by atoms with Crippen molar-refractivity contribution < 1.29 is 4.74 Å². The molecule has 3 heteroatoms. The molecule has 0 aromatic carbocycles. The van der Waals surface area contributed by atoms with E-state index in [0.29, 0.717) is 0 Å². The van der Waals surface area contributed by atoms with E-state index in [1.54, 1.807) is 12.4 Å². The molecular weight excluding hydrogens is 188 g/mol. The maximum absolute atomic E-state index is 6.10. The average molecular weight is 208 g/mol. The summed E-state index contributed by atoms with van der Waals surface area (Å²) in [4.78, 5) is 3.98. The van der Waals surface area contributed by atoms with E-state index in [1.165, 1.54) is 5.56 Å². The van der Waals surface area contributed by atoms with Crippen LogP contribution in [0.2, 0.25) is 0 Å². The first kappa shape index (κ1) is 12.1. The molecule has 1 aromatic heterocycles. The van der Waals surface area contributed by atoms with E-state index in [-0.39, 0.29) is 12.1 Å². The van der Waals surface area contributed by atoms with Crippen LogP contribution in [0.5, 0.6) is 0 Å². The second-order valence-electron chi connectivity index (χ2n) is 3.63. The van der Waals surface area contributed by atoms with E-state index < -0.39 is 0 Å². The Morgan fingerprint density at radius 2 is 2.00 bits per heavy atom. The molecule has 2 unspecified atom stereocenters. The summed E-state index contributed by atoms with van der Waals surface area (Å²) < 4.78 is 5.58. The molecule has 0 fully saturated rings. The fraction of sp³-hybridized carbons (Fsp3) is 0.583. The van der Waals surface area contributed by atoms with Crippen molar-refractivity contribution in [3.8, 4) is 0 Å². The van der Waals surface area contributed by atoms with E-state index >= 15 is 0 Å². The highest BCUT2D eigenvalue weighted by Gasteiger charge is 2.16. The molecule has 1 heterocycles. The van der Waals surface area contributed by atoms with E-state index in [9.17, 15) is 0 Å². The fourth-order valence-electron chi connectivity index (χ4n) is 1.68. The number of aromatic nitrogens is 1. The minimum absolute atomic E-state index is 0.0670. The Morgan fingerprint density at radius 1 is 1.33 bits per heavy atom. The first-order chi connectivity index (χ1) is 7.27. The number of hydrogen-bond donors (Lipinski definition) is 1. The van der Waals surface area contributed by atoms with E-state index in [1.807, 2.05) is 19.1 Å². The lowest BCUT2D eigenvalue weighted by Crippen LogP contribution is -2.38. The van der Waals surface area contributed by atoms with Gasteiger partial charge in [0.25, 0.3) is 0 Å². The minimum atomic E-state index is 0.0670. The summed E-state index contributed by atoms with van der Waals surface area (Å²) in [6.45, 7) is 4.83. The predicted molar refractivity (Wildman–Crippen MR) is 61.6 cm³/mol. The number of nitrogens with two attached hydrogens (primary N) is 1. The normalized spacial score (nSPS) is 14.9. The van der Waals surface area contributed by atoms with Gasteiger partial charge in [0, 0.05) is 25.0 Å². The standard InChI is InChI=1S/C12H20N2O/c1-3-12(15-4-2)11(13)9-10-5-7-14-8-6-10/h5-8,11-12H,3-4,9,13H2,1-2H3. The minimum Gasteiger partial charge on any atom is -0.377 e. The summed E-state index contributed by atoms with van der Waals surface area (Å²) in [5.41, 5.74) is 7.32. The molecule has 0 saturated heterocycles. The Labute approximate surface area is 91.7 Å². The van der Waals surface area contributed by atoms with Crippen molar-refractivity contribution in [1.29, 1.82) is 0 Å². The molecule has 0 saturated carbocycles. The van der Waals surface area contributed by atoms with Crippen molar-refractivity contribution in [3.63, 3.8) is 0 Å². The van der Waals surface area contributed by atoms with Crippen molar-refractivity contribution in [2.45, 2.75) is 38.8 Å². The van der Waals surface area contributed by atoms with Crippen LogP contribution in [0.1, 0.15) is 25.8 Å². The molecule has 0 radical (unpaired) electrons. The summed E-state index contributed by atoms with van der Waals surface area (Å²) in [7, 11) is 0. The van der Waals surface area contributed by atoms with Gasteiger partial charge in [-0.2, -0.15) is 0 Å². The molecule has 15 heavy (non-hydrogen) atoms. The van der Waals surface area contributed by atoms with Gasteiger partial charge in [-0.25, -0.2) is 0 Å². The average Bonchev–Trinajstić information content (AvgIpc) is 2.27. The molecule has 0 aliphatic carbocycles. The van der Waals surface area contributed by atoms with Crippen molar-refractivity contribution in [1.82, 2.24) is 4.98 Å². The first-order valence-corrected chi connectivity index (χ1v) is 5.54. The van der Waals surface area contributed by atoms with Crippen LogP contribution in [-0.4, -0.2) is 23.7 Å². The zero-order valence-electron chi connectivity index (χ0n) is 9.52. The van der Waals surface area contributed by atoms with E-state index in [4.69, 9.17) is 10.5 Å². The molecule has 0 bridgehead atoms. The zero-order chi connectivity index (χ0) is 11.1. The third kappa shape index (κ3) is 3.98. The summed E-state index contributed by atoms with van der Waals surface area (Å²) in [5, 5.41) is 0. The Balaban J connectivity index is 2.50. The maximum Gasteiger partial charge on any atom is 0.0726 e. The van der Waals surface area contributed by atoms with Crippen molar-refractivity contribution in [2.75, 3.05) is 6.61 Å². The Morgan fingerprint density at radius 3 is 2.53 bits per heavy atom. The lowest BCUT2D eigenvalue weighted by atomic mass is 10.0. The van der Waals surface area contributed by atoms with Gasteiger partial charge in [0.15, 0.2) is 0 Å². The summed E-state index contributed by atoms with van der Waals surface area (Å²) in [6.07, 6.45) is 5.55. The van der Waals surface area contributed by atoms with Gasteiger partial charge in [-0.15, -0.1) is 0 Å². The van der Waals surface area contributed by atoms with Crippen molar-refractivity contribution in [3.05, 3.63) is 30.1 Å². The molecule has 84 valence electrons. The first-order valence-electron chi connectivity index (χ1n) is 5.54. The molecule has 0 spiro atoms. The Hall–Kier alpha value is -0.930.